The summed E-state index contributed by atoms with van der Waals surface area (Å²) in [5.41, 5.74) is 7.29. The Kier molecular flexibility index (Phi) is 5.17. The van der Waals surface area contributed by atoms with Crippen molar-refractivity contribution in [3.8, 4) is 11.1 Å². The second-order valence-electron chi connectivity index (χ2n) is 7.51. The molecule has 0 spiro atoms. The monoisotopic (exact) mass is 384 g/mol. The first kappa shape index (κ1) is 18.9. The molecule has 0 atom stereocenters. The van der Waals surface area contributed by atoms with Gasteiger partial charge in [-0.25, -0.2) is 0 Å². The molecule has 2 amide bonds. The summed E-state index contributed by atoms with van der Waals surface area (Å²) in [6.07, 6.45) is 0.877. The van der Waals surface area contributed by atoms with Crippen molar-refractivity contribution in [1.29, 1.82) is 0 Å². The predicted octanol–water partition coefficient (Wildman–Crippen LogP) is 4.50. The minimum atomic E-state index is -0.0804. The first-order valence-electron chi connectivity index (χ1n) is 9.86. The van der Waals surface area contributed by atoms with Gasteiger partial charge in [-0.05, 0) is 59.9 Å². The van der Waals surface area contributed by atoms with Crippen LogP contribution in [0.2, 0.25) is 0 Å². The highest BCUT2D eigenvalue weighted by atomic mass is 16.2. The van der Waals surface area contributed by atoms with Crippen LogP contribution in [0.4, 0.5) is 5.69 Å². The van der Waals surface area contributed by atoms with Gasteiger partial charge in [0, 0.05) is 31.3 Å². The van der Waals surface area contributed by atoms with E-state index in [4.69, 9.17) is 0 Å². The van der Waals surface area contributed by atoms with E-state index in [-0.39, 0.29) is 11.8 Å². The molecule has 0 fully saturated rings. The van der Waals surface area contributed by atoms with Gasteiger partial charge in [0.15, 0.2) is 0 Å². The molecule has 0 radical (unpaired) electrons. The lowest BCUT2D eigenvalue weighted by Gasteiger charge is -2.15. The third-order valence-electron chi connectivity index (χ3n) is 5.41. The van der Waals surface area contributed by atoms with Crippen molar-refractivity contribution in [3.05, 3.63) is 89.0 Å². The van der Waals surface area contributed by atoms with E-state index >= 15 is 0 Å². The van der Waals surface area contributed by atoms with E-state index in [1.165, 1.54) is 11.1 Å². The largest absolute Gasteiger partial charge is 0.348 e. The molecule has 4 nitrogen and oxygen atoms in total. The smallest absolute Gasteiger partial charge is 0.251 e. The Labute approximate surface area is 171 Å². The van der Waals surface area contributed by atoms with E-state index in [1.54, 1.807) is 6.92 Å². The van der Waals surface area contributed by atoms with Crippen LogP contribution in [0.5, 0.6) is 0 Å². The second kappa shape index (κ2) is 7.92. The highest BCUT2D eigenvalue weighted by molar-refractivity contribution is 5.95. The van der Waals surface area contributed by atoms with Crippen molar-refractivity contribution in [2.75, 3.05) is 11.4 Å². The van der Waals surface area contributed by atoms with E-state index in [9.17, 15) is 9.59 Å². The number of carbonyl (C=O) groups excluding carboxylic acids is 2. The van der Waals surface area contributed by atoms with Crippen LogP contribution in [0, 0.1) is 6.92 Å². The molecule has 29 heavy (non-hydrogen) atoms. The summed E-state index contributed by atoms with van der Waals surface area (Å²) in [6.45, 7) is 4.91. The molecule has 3 aromatic carbocycles. The molecular formula is C25H24N2O2. The zero-order valence-corrected chi connectivity index (χ0v) is 16.7. The van der Waals surface area contributed by atoms with Crippen molar-refractivity contribution in [2.45, 2.75) is 26.8 Å². The molecule has 3 aromatic rings. The number of hydrogen-bond acceptors (Lipinski definition) is 2. The molecule has 1 heterocycles. The maximum atomic E-state index is 12.4. The number of nitrogens with zero attached hydrogens (tertiary/aromatic N) is 1. The topological polar surface area (TPSA) is 49.4 Å². The molecule has 0 unspecified atom stereocenters. The first-order valence-corrected chi connectivity index (χ1v) is 9.86. The van der Waals surface area contributed by atoms with Crippen LogP contribution in [0.25, 0.3) is 11.1 Å². The van der Waals surface area contributed by atoms with Crippen LogP contribution in [0.15, 0.2) is 66.7 Å². The molecule has 146 valence electrons. The third-order valence-corrected chi connectivity index (χ3v) is 5.41. The molecule has 0 saturated heterocycles. The maximum absolute atomic E-state index is 12.4. The summed E-state index contributed by atoms with van der Waals surface area (Å²) in [7, 11) is 0. The van der Waals surface area contributed by atoms with Crippen LogP contribution >= 0.6 is 0 Å². The first-order chi connectivity index (χ1) is 14.0. The molecule has 0 aliphatic carbocycles. The van der Waals surface area contributed by atoms with E-state index in [1.807, 2.05) is 72.5 Å². The second-order valence-corrected chi connectivity index (χ2v) is 7.51. The Bertz CT molecular complexity index is 1050. The molecule has 1 aliphatic rings. The molecule has 1 N–H and O–H groups in total. The number of nitrogens with one attached hydrogen (secondary N) is 1. The van der Waals surface area contributed by atoms with Gasteiger partial charge in [0.2, 0.25) is 5.91 Å². The quantitative estimate of drug-likeness (QED) is 0.720. The van der Waals surface area contributed by atoms with Gasteiger partial charge in [-0.1, -0.05) is 48.0 Å². The Balaban J connectivity index is 1.44. The predicted molar refractivity (Wildman–Crippen MR) is 116 cm³/mol. The number of rotatable bonds is 4. The molecule has 4 rings (SSSR count). The highest BCUT2D eigenvalue weighted by Gasteiger charge is 2.22. The van der Waals surface area contributed by atoms with Gasteiger partial charge in [-0.2, -0.15) is 0 Å². The molecule has 0 saturated carbocycles. The Hall–Kier alpha value is -3.40. The van der Waals surface area contributed by atoms with Gasteiger partial charge >= 0.3 is 0 Å². The minimum Gasteiger partial charge on any atom is -0.348 e. The fourth-order valence-electron chi connectivity index (χ4n) is 3.71. The lowest BCUT2D eigenvalue weighted by atomic mass is 10.0. The van der Waals surface area contributed by atoms with Crippen LogP contribution in [0.1, 0.15) is 34.0 Å². The molecule has 0 bridgehead atoms. The van der Waals surface area contributed by atoms with Crippen molar-refractivity contribution in [2.24, 2.45) is 0 Å². The number of fused-ring (bicyclic) bond motifs is 1. The van der Waals surface area contributed by atoms with Crippen LogP contribution in [-0.2, 0) is 17.8 Å². The lowest BCUT2D eigenvalue weighted by molar-refractivity contribution is -0.116. The number of aryl methyl sites for hydroxylation is 1. The van der Waals surface area contributed by atoms with Gasteiger partial charge in [-0.3, -0.25) is 9.59 Å². The lowest BCUT2D eigenvalue weighted by Crippen LogP contribution is -2.25. The van der Waals surface area contributed by atoms with Gasteiger partial charge in [0.05, 0.1) is 0 Å². The molecular weight excluding hydrogens is 360 g/mol. The summed E-state index contributed by atoms with van der Waals surface area (Å²) in [4.78, 5) is 26.0. The van der Waals surface area contributed by atoms with E-state index in [2.05, 4.69) is 11.4 Å². The third kappa shape index (κ3) is 4.06. The highest BCUT2D eigenvalue weighted by Crippen LogP contribution is 2.32. The Morgan fingerprint density at radius 1 is 0.931 bits per heavy atom. The number of anilines is 1. The van der Waals surface area contributed by atoms with Gasteiger partial charge < -0.3 is 10.2 Å². The van der Waals surface area contributed by atoms with Gasteiger partial charge in [-0.15, -0.1) is 0 Å². The fraction of sp³-hybridized carbons (Fsp3) is 0.200. The SMILES string of the molecule is CC(=O)N1CCc2cc(-c3ccc(C(=O)NCc4ccc(C)cc4)cc3)ccc21. The minimum absolute atomic E-state index is 0.0804. The van der Waals surface area contributed by atoms with Crippen molar-refractivity contribution in [1.82, 2.24) is 5.32 Å². The maximum Gasteiger partial charge on any atom is 0.251 e. The Morgan fingerprint density at radius 2 is 1.62 bits per heavy atom. The zero-order valence-electron chi connectivity index (χ0n) is 16.7. The van der Waals surface area contributed by atoms with Crippen molar-refractivity contribution >= 4 is 17.5 Å². The summed E-state index contributed by atoms with van der Waals surface area (Å²) in [6, 6.07) is 22.0. The summed E-state index contributed by atoms with van der Waals surface area (Å²) in [5, 5.41) is 2.97. The summed E-state index contributed by atoms with van der Waals surface area (Å²) in [5.74, 6) is 0.000630. The normalized spacial score (nSPS) is 12.6. The van der Waals surface area contributed by atoms with E-state index in [0.29, 0.717) is 12.1 Å². The Morgan fingerprint density at radius 3 is 2.31 bits per heavy atom. The molecule has 0 aromatic heterocycles. The number of benzene rings is 3. The van der Waals surface area contributed by atoms with Crippen molar-refractivity contribution < 1.29 is 9.59 Å². The summed E-state index contributed by atoms with van der Waals surface area (Å²) >= 11 is 0. The summed E-state index contributed by atoms with van der Waals surface area (Å²) < 4.78 is 0. The van der Waals surface area contributed by atoms with Crippen LogP contribution in [0.3, 0.4) is 0 Å². The van der Waals surface area contributed by atoms with Gasteiger partial charge in [0.25, 0.3) is 5.91 Å². The fourth-order valence-corrected chi connectivity index (χ4v) is 3.71. The van der Waals surface area contributed by atoms with E-state index in [0.717, 1.165) is 35.3 Å². The van der Waals surface area contributed by atoms with Gasteiger partial charge in [0.1, 0.15) is 0 Å². The number of hydrogen-bond donors (Lipinski definition) is 1. The average molecular weight is 384 g/mol. The van der Waals surface area contributed by atoms with Crippen LogP contribution < -0.4 is 10.2 Å². The van der Waals surface area contributed by atoms with Crippen LogP contribution in [-0.4, -0.2) is 18.4 Å². The van der Waals surface area contributed by atoms with E-state index < -0.39 is 0 Å². The zero-order chi connectivity index (χ0) is 20.4. The molecule has 1 aliphatic heterocycles. The van der Waals surface area contributed by atoms with Crippen molar-refractivity contribution in [3.63, 3.8) is 0 Å². The molecule has 4 heteroatoms. The standard InChI is InChI=1S/C25H24N2O2/c1-17-3-5-19(6-4-17)16-26-25(29)21-9-7-20(8-10-21)22-11-12-24-23(15-22)13-14-27(24)18(2)28/h3-12,15H,13-14,16H2,1-2H3,(H,26,29). The number of amides is 2. The average Bonchev–Trinajstić information content (AvgIpc) is 3.17. The number of carbonyl (C=O) groups is 2.